The summed E-state index contributed by atoms with van der Waals surface area (Å²) >= 11 is 0. The second-order valence-electron chi connectivity index (χ2n) is 5.39. The van der Waals surface area contributed by atoms with Crippen molar-refractivity contribution >= 4 is 11.9 Å². The lowest BCUT2D eigenvalue weighted by atomic mass is 10.1. The van der Waals surface area contributed by atoms with E-state index in [9.17, 15) is 9.59 Å². The van der Waals surface area contributed by atoms with E-state index in [2.05, 4.69) is 0 Å². The molecular weight excluding hydrogens is 232 g/mol. The number of esters is 2. The van der Waals surface area contributed by atoms with E-state index in [1.54, 1.807) is 34.6 Å². The van der Waals surface area contributed by atoms with Crippen LogP contribution < -0.4 is 0 Å². The molecule has 0 aliphatic rings. The van der Waals surface area contributed by atoms with Crippen LogP contribution in [0.1, 0.15) is 60.8 Å². The van der Waals surface area contributed by atoms with Gasteiger partial charge in [-0.05, 0) is 6.42 Å². The molecule has 0 aliphatic carbocycles. The molecule has 0 unspecified atom stereocenters. The molecule has 0 saturated carbocycles. The number of hydrogen-bond acceptors (Lipinski definition) is 4. The Bertz CT molecular complexity index is 260. The zero-order valence-electron chi connectivity index (χ0n) is 12.4. The number of hydrogen-bond donors (Lipinski definition) is 0. The van der Waals surface area contributed by atoms with Gasteiger partial charge in [0, 0.05) is 13.3 Å². The van der Waals surface area contributed by atoms with Crippen LogP contribution in [0.5, 0.6) is 0 Å². The Morgan fingerprint density at radius 3 is 1.67 bits per heavy atom. The van der Waals surface area contributed by atoms with E-state index in [0.717, 1.165) is 12.8 Å². The highest BCUT2D eigenvalue weighted by molar-refractivity contribution is 5.74. The summed E-state index contributed by atoms with van der Waals surface area (Å²) in [5, 5.41) is 0. The van der Waals surface area contributed by atoms with Crippen molar-refractivity contribution in [2.24, 2.45) is 11.8 Å². The fourth-order valence-electron chi connectivity index (χ4n) is 1.28. The Kier molecular flexibility index (Phi) is 6.96. The Morgan fingerprint density at radius 1 is 1.00 bits per heavy atom. The van der Waals surface area contributed by atoms with E-state index >= 15 is 0 Å². The van der Waals surface area contributed by atoms with Crippen molar-refractivity contribution in [3.05, 3.63) is 0 Å². The Hall–Kier alpha value is -1.06. The molecule has 0 amide bonds. The van der Waals surface area contributed by atoms with Gasteiger partial charge in [-0.1, -0.05) is 41.0 Å². The first-order chi connectivity index (χ1) is 8.22. The van der Waals surface area contributed by atoms with E-state index in [-0.39, 0.29) is 23.8 Å². The SMILES string of the molecule is CCCCC(C)(OC(=O)C(C)C)OC(=O)C(C)C. The van der Waals surface area contributed by atoms with Gasteiger partial charge in [-0.2, -0.15) is 0 Å². The molecular formula is C14H26O4. The van der Waals surface area contributed by atoms with Crippen molar-refractivity contribution < 1.29 is 19.1 Å². The van der Waals surface area contributed by atoms with Gasteiger partial charge in [0.15, 0.2) is 0 Å². The predicted octanol–water partition coefficient (Wildman–Crippen LogP) is 3.29. The van der Waals surface area contributed by atoms with Crippen LogP contribution in [-0.4, -0.2) is 17.7 Å². The summed E-state index contributed by atoms with van der Waals surface area (Å²) in [7, 11) is 0. The van der Waals surface area contributed by atoms with Crippen LogP contribution in [0.25, 0.3) is 0 Å². The van der Waals surface area contributed by atoms with Crippen LogP contribution >= 0.6 is 0 Å². The second kappa shape index (κ2) is 7.39. The highest BCUT2D eigenvalue weighted by Gasteiger charge is 2.34. The smallest absolute Gasteiger partial charge is 0.311 e. The summed E-state index contributed by atoms with van der Waals surface area (Å²) in [4.78, 5) is 23.3. The highest BCUT2D eigenvalue weighted by Crippen LogP contribution is 2.23. The first kappa shape index (κ1) is 16.9. The van der Waals surface area contributed by atoms with Gasteiger partial charge in [-0.15, -0.1) is 0 Å². The summed E-state index contributed by atoms with van der Waals surface area (Å²) in [6.45, 7) is 10.7. The third kappa shape index (κ3) is 6.03. The monoisotopic (exact) mass is 258 g/mol. The lowest BCUT2D eigenvalue weighted by Crippen LogP contribution is -2.39. The molecule has 4 nitrogen and oxygen atoms in total. The molecule has 0 bridgehead atoms. The first-order valence-electron chi connectivity index (χ1n) is 6.67. The molecule has 0 atom stereocenters. The second-order valence-corrected chi connectivity index (χ2v) is 5.39. The summed E-state index contributed by atoms with van der Waals surface area (Å²) in [5.74, 6) is -2.29. The third-order valence-electron chi connectivity index (χ3n) is 2.56. The predicted molar refractivity (Wildman–Crippen MR) is 69.8 cm³/mol. The molecule has 0 aliphatic heterocycles. The maximum Gasteiger partial charge on any atom is 0.311 e. The minimum Gasteiger partial charge on any atom is -0.423 e. The summed E-state index contributed by atoms with van der Waals surface area (Å²) in [6, 6.07) is 0. The summed E-state index contributed by atoms with van der Waals surface area (Å²) < 4.78 is 10.7. The molecule has 106 valence electrons. The van der Waals surface area contributed by atoms with E-state index in [1.165, 1.54) is 0 Å². The lowest BCUT2D eigenvalue weighted by Gasteiger charge is -2.30. The van der Waals surface area contributed by atoms with Crippen molar-refractivity contribution in [2.45, 2.75) is 66.6 Å². The topological polar surface area (TPSA) is 52.6 Å². The Morgan fingerprint density at radius 2 is 1.39 bits per heavy atom. The van der Waals surface area contributed by atoms with Gasteiger partial charge in [0.05, 0.1) is 11.8 Å². The van der Waals surface area contributed by atoms with Gasteiger partial charge >= 0.3 is 11.9 Å². The van der Waals surface area contributed by atoms with E-state index in [0.29, 0.717) is 6.42 Å². The van der Waals surface area contributed by atoms with Gasteiger partial charge in [0.2, 0.25) is 0 Å². The zero-order valence-corrected chi connectivity index (χ0v) is 12.4. The van der Waals surface area contributed by atoms with Crippen LogP contribution in [0.4, 0.5) is 0 Å². The number of carbonyl (C=O) groups excluding carboxylic acids is 2. The fourth-order valence-corrected chi connectivity index (χ4v) is 1.28. The van der Waals surface area contributed by atoms with Gasteiger partial charge in [-0.25, -0.2) is 0 Å². The first-order valence-corrected chi connectivity index (χ1v) is 6.67. The van der Waals surface area contributed by atoms with Crippen molar-refractivity contribution in [1.29, 1.82) is 0 Å². The van der Waals surface area contributed by atoms with Crippen molar-refractivity contribution in [3.8, 4) is 0 Å². The average Bonchev–Trinajstić information content (AvgIpc) is 2.25. The van der Waals surface area contributed by atoms with Gasteiger partial charge in [0.1, 0.15) is 0 Å². The minimum absolute atomic E-state index is 0.233. The van der Waals surface area contributed by atoms with E-state index < -0.39 is 5.79 Å². The molecule has 0 saturated heterocycles. The van der Waals surface area contributed by atoms with Crippen molar-refractivity contribution in [1.82, 2.24) is 0 Å². The van der Waals surface area contributed by atoms with Crippen LogP contribution in [0.2, 0.25) is 0 Å². The standard InChI is InChI=1S/C14H26O4/c1-7-8-9-14(6,17-12(15)10(2)3)18-13(16)11(4)5/h10-11H,7-9H2,1-6H3. The minimum atomic E-state index is -1.14. The number of carbonyl (C=O) groups is 2. The fraction of sp³-hybridized carbons (Fsp3) is 0.857. The normalized spacial score (nSPS) is 11.8. The highest BCUT2D eigenvalue weighted by atomic mass is 16.7. The quantitative estimate of drug-likeness (QED) is 0.519. The van der Waals surface area contributed by atoms with Gasteiger partial charge < -0.3 is 9.47 Å². The third-order valence-corrected chi connectivity index (χ3v) is 2.56. The molecule has 0 fully saturated rings. The maximum absolute atomic E-state index is 11.7. The van der Waals surface area contributed by atoms with Crippen LogP contribution in [0, 0.1) is 11.8 Å². The van der Waals surface area contributed by atoms with Crippen molar-refractivity contribution in [3.63, 3.8) is 0 Å². The number of rotatable bonds is 7. The largest absolute Gasteiger partial charge is 0.423 e. The lowest BCUT2D eigenvalue weighted by molar-refractivity contribution is -0.229. The zero-order chi connectivity index (χ0) is 14.3. The van der Waals surface area contributed by atoms with Crippen molar-refractivity contribution in [2.75, 3.05) is 0 Å². The van der Waals surface area contributed by atoms with Gasteiger partial charge in [-0.3, -0.25) is 9.59 Å². The van der Waals surface area contributed by atoms with Crippen LogP contribution in [-0.2, 0) is 19.1 Å². The number of unbranched alkanes of at least 4 members (excludes halogenated alkanes) is 1. The summed E-state index contributed by atoms with van der Waals surface area (Å²) in [5.41, 5.74) is 0. The molecule has 18 heavy (non-hydrogen) atoms. The molecule has 0 aromatic heterocycles. The van der Waals surface area contributed by atoms with E-state index in [4.69, 9.17) is 9.47 Å². The van der Waals surface area contributed by atoms with Crippen LogP contribution in [0.3, 0.4) is 0 Å². The molecule has 0 N–H and O–H groups in total. The van der Waals surface area contributed by atoms with Gasteiger partial charge in [0.25, 0.3) is 5.79 Å². The Labute approximate surface area is 110 Å². The number of ether oxygens (including phenoxy) is 2. The Balaban J connectivity index is 4.71. The summed E-state index contributed by atoms with van der Waals surface area (Å²) in [6.07, 6.45) is 2.32. The molecule has 4 heteroatoms. The van der Waals surface area contributed by atoms with E-state index in [1.807, 2.05) is 6.92 Å². The molecule has 0 spiro atoms. The molecule has 0 aromatic rings. The molecule has 0 rings (SSSR count). The molecule has 0 aromatic carbocycles. The molecule has 0 heterocycles. The molecule has 0 radical (unpaired) electrons. The van der Waals surface area contributed by atoms with Crippen LogP contribution in [0.15, 0.2) is 0 Å². The maximum atomic E-state index is 11.7. The average molecular weight is 258 g/mol.